The number of benzene rings is 1. The van der Waals surface area contributed by atoms with Crippen LogP contribution in [0.25, 0.3) is 0 Å². The minimum absolute atomic E-state index is 0.680. The second-order valence-corrected chi connectivity index (χ2v) is 6.13. The minimum Gasteiger partial charge on any atom is -0.496 e. The molecule has 1 heterocycles. The number of nitrogens with one attached hydrogen (secondary N) is 1. The fourth-order valence-electron chi connectivity index (χ4n) is 3.10. The molecule has 4 heteroatoms. The molecule has 1 N–H and O–H groups in total. The summed E-state index contributed by atoms with van der Waals surface area (Å²) < 4.78 is 5.53. The molecular formula is C17H29N3O. The molecule has 1 fully saturated rings. The molecule has 0 aromatic heterocycles. The Balaban J connectivity index is 2.04. The highest BCUT2D eigenvalue weighted by molar-refractivity contribution is 5.37. The fraction of sp³-hybridized carbons (Fsp3) is 0.647. The molecule has 0 bridgehead atoms. The van der Waals surface area contributed by atoms with E-state index in [-0.39, 0.29) is 0 Å². The van der Waals surface area contributed by atoms with E-state index in [1.165, 1.54) is 37.1 Å². The van der Waals surface area contributed by atoms with E-state index in [1.54, 1.807) is 7.11 Å². The van der Waals surface area contributed by atoms with E-state index < -0.39 is 0 Å². The van der Waals surface area contributed by atoms with Gasteiger partial charge in [0.25, 0.3) is 0 Å². The molecule has 21 heavy (non-hydrogen) atoms. The summed E-state index contributed by atoms with van der Waals surface area (Å²) in [6.45, 7) is 4.25. The normalized spacial score (nSPS) is 17.4. The van der Waals surface area contributed by atoms with Gasteiger partial charge in [-0.15, -0.1) is 0 Å². The van der Waals surface area contributed by atoms with Gasteiger partial charge >= 0.3 is 0 Å². The van der Waals surface area contributed by atoms with Crippen molar-refractivity contribution < 1.29 is 4.74 Å². The van der Waals surface area contributed by atoms with E-state index >= 15 is 0 Å². The molecule has 0 aliphatic carbocycles. The summed E-state index contributed by atoms with van der Waals surface area (Å²) in [5.74, 6) is 0.995. The number of rotatable bonds is 6. The van der Waals surface area contributed by atoms with Crippen molar-refractivity contribution in [2.75, 3.05) is 41.3 Å². The number of methoxy groups -OCH3 is 1. The molecule has 0 spiro atoms. The zero-order chi connectivity index (χ0) is 15.2. The van der Waals surface area contributed by atoms with Crippen molar-refractivity contribution >= 4 is 0 Å². The number of nitrogens with zero attached hydrogens (tertiary/aromatic N) is 2. The molecule has 1 aromatic carbocycles. The van der Waals surface area contributed by atoms with Gasteiger partial charge in [-0.1, -0.05) is 6.07 Å². The number of piperidine rings is 1. The molecule has 0 amide bonds. The summed E-state index contributed by atoms with van der Waals surface area (Å²) in [5.41, 5.74) is 2.59. The van der Waals surface area contributed by atoms with Gasteiger partial charge in [0.15, 0.2) is 0 Å². The first-order valence-corrected chi connectivity index (χ1v) is 7.83. The van der Waals surface area contributed by atoms with Gasteiger partial charge in [0.2, 0.25) is 0 Å². The second kappa shape index (κ2) is 7.78. The van der Waals surface area contributed by atoms with Crippen LogP contribution in [0.4, 0.5) is 0 Å². The summed E-state index contributed by atoms with van der Waals surface area (Å²) in [6, 6.07) is 7.17. The Kier molecular flexibility index (Phi) is 6.03. The van der Waals surface area contributed by atoms with Crippen molar-refractivity contribution in [1.82, 2.24) is 15.1 Å². The topological polar surface area (TPSA) is 27.7 Å². The standard InChI is InChI=1S/C17H29N3O/c1-18-12-14-5-6-17(21-4)15(11-14)13-20(3)16-7-9-19(2)10-8-16/h5-6,11,16,18H,7-10,12-13H2,1-4H3. The molecule has 0 unspecified atom stereocenters. The van der Waals surface area contributed by atoms with E-state index in [0.29, 0.717) is 6.04 Å². The van der Waals surface area contributed by atoms with Gasteiger partial charge in [-0.3, -0.25) is 4.90 Å². The van der Waals surface area contributed by atoms with Crippen molar-refractivity contribution in [3.63, 3.8) is 0 Å². The quantitative estimate of drug-likeness (QED) is 0.867. The predicted octanol–water partition coefficient (Wildman–Crippen LogP) is 1.94. The summed E-state index contributed by atoms with van der Waals surface area (Å²) in [6.07, 6.45) is 2.51. The number of ether oxygens (including phenoxy) is 1. The molecule has 0 radical (unpaired) electrons. The molecule has 118 valence electrons. The van der Waals surface area contributed by atoms with Crippen LogP contribution in [0.5, 0.6) is 5.75 Å². The fourth-order valence-corrected chi connectivity index (χ4v) is 3.10. The number of hydrogen-bond acceptors (Lipinski definition) is 4. The monoisotopic (exact) mass is 291 g/mol. The maximum absolute atomic E-state index is 5.53. The molecule has 1 aliphatic rings. The third kappa shape index (κ3) is 4.43. The lowest BCUT2D eigenvalue weighted by Crippen LogP contribution is -2.41. The lowest BCUT2D eigenvalue weighted by atomic mass is 10.0. The lowest BCUT2D eigenvalue weighted by molar-refractivity contribution is 0.138. The number of hydrogen-bond donors (Lipinski definition) is 1. The number of likely N-dealkylation sites (tertiary alicyclic amines) is 1. The highest BCUT2D eigenvalue weighted by Crippen LogP contribution is 2.24. The Morgan fingerprint density at radius 2 is 2.05 bits per heavy atom. The third-order valence-electron chi connectivity index (χ3n) is 4.46. The first-order valence-electron chi connectivity index (χ1n) is 7.83. The van der Waals surface area contributed by atoms with Gasteiger partial charge in [0.1, 0.15) is 5.75 Å². The maximum Gasteiger partial charge on any atom is 0.123 e. The first kappa shape index (κ1) is 16.3. The van der Waals surface area contributed by atoms with Gasteiger partial charge in [-0.05, 0) is 64.8 Å². The highest BCUT2D eigenvalue weighted by atomic mass is 16.5. The van der Waals surface area contributed by atoms with Gasteiger partial charge in [0, 0.05) is 24.7 Å². The van der Waals surface area contributed by atoms with Crippen LogP contribution >= 0.6 is 0 Å². The van der Waals surface area contributed by atoms with Crippen molar-refractivity contribution in [1.29, 1.82) is 0 Å². The summed E-state index contributed by atoms with van der Waals surface area (Å²) >= 11 is 0. The first-order chi connectivity index (χ1) is 10.1. The predicted molar refractivity (Wildman–Crippen MR) is 87.7 cm³/mol. The van der Waals surface area contributed by atoms with E-state index in [0.717, 1.165) is 18.8 Å². The molecule has 1 aliphatic heterocycles. The Labute approximate surface area is 129 Å². The average molecular weight is 291 g/mol. The Bertz CT molecular complexity index is 442. The van der Waals surface area contributed by atoms with E-state index in [9.17, 15) is 0 Å². The molecule has 4 nitrogen and oxygen atoms in total. The zero-order valence-electron chi connectivity index (χ0n) is 13.9. The molecular weight excluding hydrogens is 262 g/mol. The smallest absolute Gasteiger partial charge is 0.123 e. The average Bonchev–Trinajstić information content (AvgIpc) is 2.48. The van der Waals surface area contributed by atoms with Crippen LogP contribution in [0.1, 0.15) is 24.0 Å². The SMILES string of the molecule is CNCc1ccc(OC)c(CN(C)C2CCN(C)CC2)c1. The second-order valence-electron chi connectivity index (χ2n) is 6.13. The van der Waals surface area contributed by atoms with Gasteiger partial charge in [0.05, 0.1) is 7.11 Å². The Hall–Kier alpha value is -1.10. The van der Waals surface area contributed by atoms with Crippen LogP contribution < -0.4 is 10.1 Å². The minimum atomic E-state index is 0.680. The van der Waals surface area contributed by atoms with Crippen molar-refractivity contribution in [2.45, 2.75) is 32.0 Å². The Morgan fingerprint density at radius 1 is 1.33 bits per heavy atom. The van der Waals surface area contributed by atoms with Crippen molar-refractivity contribution in [2.24, 2.45) is 0 Å². The van der Waals surface area contributed by atoms with Crippen LogP contribution in [0, 0.1) is 0 Å². The molecule has 1 saturated heterocycles. The van der Waals surface area contributed by atoms with Crippen LogP contribution in [0.2, 0.25) is 0 Å². The van der Waals surface area contributed by atoms with Crippen molar-refractivity contribution in [3.05, 3.63) is 29.3 Å². The van der Waals surface area contributed by atoms with Gasteiger partial charge < -0.3 is 15.0 Å². The summed E-state index contributed by atoms with van der Waals surface area (Å²) in [4.78, 5) is 4.90. The lowest BCUT2D eigenvalue weighted by Gasteiger charge is -2.35. The maximum atomic E-state index is 5.53. The van der Waals surface area contributed by atoms with Crippen LogP contribution in [0.3, 0.4) is 0 Å². The highest BCUT2D eigenvalue weighted by Gasteiger charge is 2.21. The van der Waals surface area contributed by atoms with Crippen LogP contribution in [-0.2, 0) is 13.1 Å². The molecule has 1 aromatic rings. The largest absolute Gasteiger partial charge is 0.496 e. The molecule has 0 saturated carbocycles. The zero-order valence-corrected chi connectivity index (χ0v) is 13.9. The third-order valence-corrected chi connectivity index (χ3v) is 4.46. The molecule has 0 atom stereocenters. The van der Waals surface area contributed by atoms with E-state index in [2.05, 4.69) is 47.4 Å². The van der Waals surface area contributed by atoms with Crippen LogP contribution in [-0.4, -0.2) is 57.2 Å². The van der Waals surface area contributed by atoms with Crippen molar-refractivity contribution in [3.8, 4) is 5.75 Å². The Morgan fingerprint density at radius 3 is 2.67 bits per heavy atom. The van der Waals surface area contributed by atoms with E-state index in [1.807, 2.05) is 7.05 Å². The summed E-state index contributed by atoms with van der Waals surface area (Å²) in [5, 5.41) is 3.21. The van der Waals surface area contributed by atoms with Crippen LogP contribution in [0.15, 0.2) is 18.2 Å². The van der Waals surface area contributed by atoms with Gasteiger partial charge in [-0.25, -0.2) is 0 Å². The molecule has 2 rings (SSSR count). The van der Waals surface area contributed by atoms with Gasteiger partial charge in [-0.2, -0.15) is 0 Å². The summed E-state index contributed by atoms with van der Waals surface area (Å²) in [7, 11) is 8.18. The van der Waals surface area contributed by atoms with E-state index in [4.69, 9.17) is 4.74 Å².